The molecule has 1 aliphatic heterocycles. The monoisotopic (exact) mass is 384 g/mol. The van der Waals surface area contributed by atoms with Crippen molar-refractivity contribution in [2.24, 2.45) is 5.73 Å². The van der Waals surface area contributed by atoms with Crippen LogP contribution in [0.5, 0.6) is 5.75 Å². The molecule has 1 heterocycles. The molecule has 0 atom stereocenters. The molecular weight excluding hydrogens is 360 g/mol. The molecule has 1 aliphatic rings. The molecule has 2 rings (SSSR count). The van der Waals surface area contributed by atoms with Crippen LogP contribution in [0.4, 0.5) is 5.69 Å². The van der Waals surface area contributed by atoms with Gasteiger partial charge in [-0.1, -0.05) is 11.6 Å². The molecule has 9 heteroatoms. The maximum absolute atomic E-state index is 12.3. The highest BCUT2D eigenvalue weighted by atomic mass is 35.5. The van der Waals surface area contributed by atoms with Crippen molar-refractivity contribution in [2.75, 3.05) is 58.7 Å². The third-order valence-electron chi connectivity index (χ3n) is 4.26. The zero-order valence-electron chi connectivity index (χ0n) is 14.9. The van der Waals surface area contributed by atoms with Crippen molar-refractivity contribution in [3.8, 4) is 5.75 Å². The van der Waals surface area contributed by atoms with Crippen LogP contribution >= 0.6 is 11.6 Å². The van der Waals surface area contributed by atoms with E-state index in [0.29, 0.717) is 44.0 Å². The van der Waals surface area contributed by atoms with E-state index in [9.17, 15) is 9.59 Å². The van der Waals surface area contributed by atoms with Crippen LogP contribution in [0.15, 0.2) is 12.1 Å². The molecule has 0 unspecified atom stereocenters. The molecule has 1 fully saturated rings. The third-order valence-corrected chi connectivity index (χ3v) is 4.59. The van der Waals surface area contributed by atoms with E-state index < -0.39 is 5.97 Å². The van der Waals surface area contributed by atoms with Crippen molar-refractivity contribution >= 4 is 29.2 Å². The highest BCUT2D eigenvalue weighted by Gasteiger charge is 2.21. The molecule has 0 aliphatic carbocycles. The first-order valence-electron chi connectivity index (χ1n) is 8.46. The lowest BCUT2D eigenvalue weighted by Gasteiger charge is -2.34. The molecule has 0 saturated carbocycles. The normalized spacial score (nSPS) is 15.0. The fraction of sp³-hybridized carbons (Fsp3) is 0.529. The molecule has 4 N–H and O–H groups in total. The second-order valence-electron chi connectivity index (χ2n) is 5.97. The van der Waals surface area contributed by atoms with E-state index in [1.165, 1.54) is 19.2 Å². The Kier molecular flexibility index (Phi) is 7.50. The van der Waals surface area contributed by atoms with E-state index in [4.69, 9.17) is 32.5 Å². The number of rotatable bonds is 7. The molecule has 0 spiro atoms. The fourth-order valence-corrected chi connectivity index (χ4v) is 2.91. The summed E-state index contributed by atoms with van der Waals surface area (Å²) in [6.45, 7) is 4.00. The van der Waals surface area contributed by atoms with Gasteiger partial charge in [0.15, 0.2) is 0 Å². The van der Waals surface area contributed by atoms with Crippen LogP contribution in [0.1, 0.15) is 16.8 Å². The van der Waals surface area contributed by atoms with Crippen LogP contribution in [0.3, 0.4) is 0 Å². The Morgan fingerprint density at radius 1 is 1.23 bits per heavy atom. The summed E-state index contributed by atoms with van der Waals surface area (Å²) in [4.78, 5) is 28.0. The van der Waals surface area contributed by atoms with Gasteiger partial charge < -0.3 is 25.8 Å². The summed E-state index contributed by atoms with van der Waals surface area (Å²) in [7, 11) is 1.45. The van der Waals surface area contributed by atoms with Crippen LogP contribution in [0.2, 0.25) is 5.02 Å². The van der Waals surface area contributed by atoms with Gasteiger partial charge in [0.25, 0.3) is 0 Å². The molecular formula is C17H25ClN4O4. The molecule has 1 aromatic carbocycles. The van der Waals surface area contributed by atoms with Crippen molar-refractivity contribution in [1.29, 1.82) is 0 Å². The summed E-state index contributed by atoms with van der Waals surface area (Å²) in [5.41, 5.74) is 11.7. The van der Waals surface area contributed by atoms with Crippen LogP contribution in [0.25, 0.3) is 0 Å². The van der Waals surface area contributed by atoms with E-state index in [-0.39, 0.29) is 23.1 Å². The van der Waals surface area contributed by atoms with Gasteiger partial charge in [0.05, 0.1) is 17.8 Å². The largest absolute Gasteiger partial charge is 0.496 e. The van der Waals surface area contributed by atoms with Gasteiger partial charge in [-0.25, -0.2) is 4.79 Å². The topological polar surface area (TPSA) is 111 Å². The number of amides is 1. The number of benzene rings is 1. The molecule has 1 amide bonds. The van der Waals surface area contributed by atoms with E-state index >= 15 is 0 Å². The van der Waals surface area contributed by atoms with Crippen molar-refractivity contribution in [3.63, 3.8) is 0 Å². The Morgan fingerprint density at radius 3 is 2.54 bits per heavy atom. The number of carbonyl (C=O) groups is 2. The number of carbonyl (C=O) groups excluding carboxylic acids is 2. The van der Waals surface area contributed by atoms with Gasteiger partial charge in [-0.15, -0.1) is 0 Å². The predicted molar refractivity (Wildman–Crippen MR) is 99.4 cm³/mol. The second-order valence-corrected chi connectivity index (χ2v) is 6.38. The van der Waals surface area contributed by atoms with Crippen LogP contribution in [-0.4, -0.2) is 74.7 Å². The number of piperazine rings is 1. The summed E-state index contributed by atoms with van der Waals surface area (Å²) >= 11 is 5.97. The number of esters is 1. The maximum atomic E-state index is 12.3. The Labute approximate surface area is 157 Å². The smallest absolute Gasteiger partial charge is 0.342 e. The first kappa shape index (κ1) is 20.3. The average molecular weight is 385 g/mol. The van der Waals surface area contributed by atoms with Gasteiger partial charge in [0, 0.05) is 51.8 Å². The van der Waals surface area contributed by atoms with Gasteiger partial charge in [0.2, 0.25) is 5.91 Å². The Bertz CT molecular complexity index is 648. The summed E-state index contributed by atoms with van der Waals surface area (Å²) in [6.07, 6.45) is 0.379. The number of anilines is 1. The minimum Gasteiger partial charge on any atom is -0.496 e. The van der Waals surface area contributed by atoms with Crippen molar-refractivity contribution in [3.05, 3.63) is 22.7 Å². The number of nitrogens with two attached hydrogens (primary N) is 2. The number of hydrogen-bond donors (Lipinski definition) is 2. The summed E-state index contributed by atoms with van der Waals surface area (Å²) in [5, 5.41) is 0.274. The molecule has 26 heavy (non-hydrogen) atoms. The van der Waals surface area contributed by atoms with Crippen molar-refractivity contribution < 1.29 is 19.1 Å². The molecule has 8 nitrogen and oxygen atoms in total. The zero-order chi connectivity index (χ0) is 19.1. The second kappa shape index (κ2) is 9.61. The Hall–Kier alpha value is -2.03. The van der Waals surface area contributed by atoms with Gasteiger partial charge in [0.1, 0.15) is 17.9 Å². The number of ether oxygens (including phenoxy) is 2. The minimum atomic E-state index is -0.513. The first-order valence-corrected chi connectivity index (χ1v) is 8.84. The first-order chi connectivity index (χ1) is 12.5. The lowest BCUT2D eigenvalue weighted by atomic mass is 10.2. The van der Waals surface area contributed by atoms with Crippen molar-refractivity contribution in [1.82, 2.24) is 9.80 Å². The zero-order valence-corrected chi connectivity index (χ0v) is 15.6. The molecule has 1 aromatic rings. The molecule has 144 valence electrons. The quantitative estimate of drug-likeness (QED) is 0.522. The Balaban J connectivity index is 1.79. The molecule has 0 bridgehead atoms. The van der Waals surface area contributed by atoms with Gasteiger partial charge in [-0.3, -0.25) is 9.69 Å². The maximum Gasteiger partial charge on any atom is 0.342 e. The highest BCUT2D eigenvalue weighted by molar-refractivity contribution is 6.33. The third kappa shape index (κ3) is 5.23. The number of halogens is 1. The van der Waals surface area contributed by atoms with Crippen LogP contribution in [0, 0.1) is 0 Å². The fourth-order valence-electron chi connectivity index (χ4n) is 2.75. The van der Waals surface area contributed by atoms with Gasteiger partial charge >= 0.3 is 5.97 Å². The number of hydrogen-bond acceptors (Lipinski definition) is 7. The van der Waals surface area contributed by atoms with E-state index in [2.05, 4.69) is 4.90 Å². The number of methoxy groups -OCH3 is 1. The van der Waals surface area contributed by atoms with Gasteiger partial charge in [-0.2, -0.15) is 0 Å². The van der Waals surface area contributed by atoms with Crippen LogP contribution in [-0.2, 0) is 9.53 Å². The lowest BCUT2D eigenvalue weighted by Crippen LogP contribution is -2.49. The lowest BCUT2D eigenvalue weighted by molar-refractivity contribution is -0.132. The van der Waals surface area contributed by atoms with Crippen molar-refractivity contribution in [2.45, 2.75) is 6.42 Å². The highest BCUT2D eigenvalue weighted by Crippen LogP contribution is 2.29. The average Bonchev–Trinajstić information content (AvgIpc) is 2.64. The number of nitrogen functional groups attached to an aromatic ring is 1. The molecule has 0 aromatic heterocycles. The Morgan fingerprint density at radius 2 is 1.92 bits per heavy atom. The summed E-state index contributed by atoms with van der Waals surface area (Å²) < 4.78 is 10.5. The predicted octanol–water partition coefficient (Wildman–Crippen LogP) is 0.581. The summed E-state index contributed by atoms with van der Waals surface area (Å²) in [5.74, 6) is -0.102. The van der Waals surface area contributed by atoms with Gasteiger partial charge in [-0.05, 0) is 6.07 Å². The standard InChI is InChI=1S/C17H25ClN4O4/c1-25-15-11-14(20)13(18)10-12(15)17(24)26-9-8-21-4-6-22(7-5-21)16(23)2-3-19/h10-11H,2-9,19-20H2,1H3. The van der Waals surface area contributed by atoms with E-state index in [1.54, 1.807) is 0 Å². The molecule has 1 saturated heterocycles. The minimum absolute atomic E-state index is 0.0888. The molecule has 0 radical (unpaired) electrons. The van der Waals surface area contributed by atoms with E-state index in [0.717, 1.165) is 13.1 Å². The SMILES string of the molecule is COc1cc(N)c(Cl)cc1C(=O)OCCN1CCN(C(=O)CCN)CC1. The van der Waals surface area contributed by atoms with Crippen LogP contribution < -0.4 is 16.2 Å². The number of nitrogens with zero attached hydrogens (tertiary/aromatic N) is 2. The summed E-state index contributed by atoms with van der Waals surface area (Å²) in [6, 6.07) is 2.94. The van der Waals surface area contributed by atoms with E-state index in [1.807, 2.05) is 4.90 Å².